The molecule has 37 heavy (non-hydrogen) atoms. The maximum Gasteiger partial charge on any atom is 0.247 e. The first-order chi connectivity index (χ1) is 17.9. The quantitative estimate of drug-likeness (QED) is 0.324. The molecule has 1 unspecified atom stereocenters. The summed E-state index contributed by atoms with van der Waals surface area (Å²) in [6.07, 6.45) is 2.55. The number of hydrogen-bond donors (Lipinski definition) is 0. The monoisotopic (exact) mass is 540 g/mol. The highest BCUT2D eigenvalue weighted by Crippen LogP contribution is 2.35. The van der Waals surface area contributed by atoms with Gasteiger partial charge in [0.05, 0.1) is 34.0 Å². The topological polar surface area (TPSA) is 92.7 Å². The molecule has 11 heteroatoms. The highest BCUT2D eigenvalue weighted by atomic mass is 32.2. The summed E-state index contributed by atoms with van der Waals surface area (Å²) in [7, 11) is -4.00. The molecular weight excluding hydrogens is 515 g/mol. The molecule has 1 aliphatic heterocycles. The Labute approximate surface area is 218 Å². The van der Waals surface area contributed by atoms with E-state index in [1.54, 1.807) is 12.3 Å². The zero-order valence-corrected chi connectivity index (χ0v) is 21.7. The number of amides is 1. The number of pyridine rings is 1. The van der Waals surface area contributed by atoms with Crippen molar-refractivity contribution in [3.63, 3.8) is 0 Å². The van der Waals surface area contributed by atoms with Gasteiger partial charge >= 0.3 is 0 Å². The molecule has 0 aliphatic carbocycles. The Kier molecular flexibility index (Phi) is 7.18. The molecule has 0 bridgehead atoms. The van der Waals surface area contributed by atoms with E-state index in [1.165, 1.54) is 32.7 Å². The van der Waals surface area contributed by atoms with Crippen molar-refractivity contribution in [3.8, 4) is 5.75 Å². The third kappa shape index (κ3) is 5.20. The molecule has 0 N–H and O–H groups in total. The minimum atomic E-state index is -4.00. The molecule has 1 saturated heterocycles. The molecule has 8 nitrogen and oxygen atoms in total. The highest BCUT2D eigenvalue weighted by Gasteiger charge is 2.42. The Morgan fingerprint density at radius 3 is 2.73 bits per heavy atom. The van der Waals surface area contributed by atoms with Gasteiger partial charge in [-0.1, -0.05) is 17.4 Å². The molecule has 1 atom stereocenters. The zero-order valence-electron chi connectivity index (χ0n) is 20.1. The smallest absolute Gasteiger partial charge is 0.247 e. The van der Waals surface area contributed by atoms with Gasteiger partial charge in [-0.25, -0.2) is 17.8 Å². The number of thiazole rings is 1. The van der Waals surface area contributed by atoms with Gasteiger partial charge in [0.25, 0.3) is 0 Å². The van der Waals surface area contributed by atoms with Crippen LogP contribution in [0.15, 0.2) is 71.8 Å². The predicted molar refractivity (Wildman–Crippen MR) is 140 cm³/mol. The Morgan fingerprint density at radius 2 is 2.00 bits per heavy atom. The van der Waals surface area contributed by atoms with E-state index in [-0.39, 0.29) is 23.9 Å². The molecule has 2 aromatic carbocycles. The second-order valence-corrected chi connectivity index (χ2v) is 11.4. The summed E-state index contributed by atoms with van der Waals surface area (Å²) >= 11 is 1.34. The number of hydrogen-bond acceptors (Lipinski definition) is 7. The van der Waals surface area contributed by atoms with Gasteiger partial charge in [-0.05, 0) is 74.4 Å². The van der Waals surface area contributed by atoms with Gasteiger partial charge in [0.2, 0.25) is 15.9 Å². The van der Waals surface area contributed by atoms with Crippen molar-refractivity contribution in [1.82, 2.24) is 14.3 Å². The first-order valence-electron chi connectivity index (χ1n) is 11.9. The molecular formula is C26H25FN4O4S2. The van der Waals surface area contributed by atoms with Crippen LogP contribution in [0.5, 0.6) is 5.75 Å². The van der Waals surface area contributed by atoms with E-state index in [4.69, 9.17) is 4.74 Å². The predicted octanol–water partition coefficient (Wildman–Crippen LogP) is 4.62. The Balaban J connectivity index is 1.51. The van der Waals surface area contributed by atoms with Crippen molar-refractivity contribution < 1.29 is 22.3 Å². The van der Waals surface area contributed by atoms with Crippen molar-refractivity contribution in [2.75, 3.05) is 18.1 Å². The minimum Gasteiger partial charge on any atom is -0.494 e. The number of fused-ring (bicyclic) bond motifs is 1. The molecule has 0 radical (unpaired) electrons. The molecule has 4 aromatic rings. The molecule has 192 valence electrons. The van der Waals surface area contributed by atoms with Gasteiger partial charge < -0.3 is 4.74 Å². The summed E-state index contributed by atoms with van der Waals surface area (Å²) in [4.78, 5) is 24.5. The maximum atomic E-state index is 14.0. The lowest BCUT2D eigenvalue weighted by atomic mass is 10.2. The van der Waals surface area contributed by atoms with Crippen molar-refractivity contribution >= 4 is 42.6 Å². The number of aromatic nitrogens is 2. The number of anilines is 1. The van der Waals surface area contributed by atoms with E-state index in [0.717, 1.165) is 16.8 Å². The summed E-state index contributed by atoms with van der Waals surface area (Å²) in [5.74, 6) is -0.198. The van der Waals surface area contributed by atoms with E-state index in [2.05, 4.69) is 9.97 Å². The molecule has 5 rings (SSSR count). The zero-order chi connectivity index (χ0) is 26.0. The molecule has 1 aliphatic rings. The van der Waals surface area contributed by atoms with Crippen LogP contribution in [0.4, 0.5) is 9.52 Å². The van der Waals surface area contributed by atoms with E-state index in [9.17, 15) is 17.6 Å². The van der Waals surface area contributed by atoms with Gasteiger partial charge in [-0.2, -0.15) is 4.31 Å². The van der Waals surface area contributed by atoms with Gasteiger partial charge in [-0.3, -0.25) is 14.7 Å². The number of halogens is 1. The third-order valence-corrected chi connectivity index (χ3v) is 9.08. The number of nitrogens with zero attached hydrogens (tertiary/aromatic N) is 4. The van der Waals surface area contributed by atoms with E-state index >= 15 is 0 Å². The van der Waals surface area contributed by atoms with Crippen LogP contribution in [0.1, 0.15) is 25.5 Å². The van der Waals surface area contributed by atoms with Crippen LogP contribution in [0.3, 0.4) is 0 Å². The number of carbonyl (C=O) groups is 1. The summed E-state index contributed by atoms with van der Waals surface area (Å²) in [5, 5.41) is 0.449. The van der Waals surface area contributed by atoms with Gasteiger partial charge in [0.1, 0.15) is 17.6 Å². The third-order valence-electron chi connectivity index (χ3n) is 6.11. The second-order valence-electron chi connectivity index (χ2n) is 8.53. The first-order valence-corrected chi connectivity index (χ1v) is 14.1. The van der Waals surface area contributed by atoms with Gasteiger partial charge in [0, 0.05) is 12.7 Å². The average molecular weight is 541 g/mol. The fourth-order valence-corrected chi connectivity index (χ4v) is 7.00. The lowest BCUT2D eigenvalue weighted by molar-refractivity contribution is -0.121. The number of carbonyl (C=O) groups excluding carboxylic acids is 1. The second kappa shape index (κ2) is 10.5. The van der Waals surface area contributed by atoms with Crippen molar-refractivity contribution in [3.05, 3.63) is 78.4 Å². The summed E-state index contributed by atoms with van der Waals surface area (Å²) in [6.45, 7) is 2.77. The van der Waals surface area contributed by atoms with Crippen molar-refractivity contribution in [2.45, 2.75) is 37.2 Å². The van der Waals surface area contributed by atoms with Gasteiger partial charge in [0.15, 0.2) is 5.13 Å². The van der Waals surface area contributed by atoms with Crippen molar-refractivity contribution in [1.29, 1.82) is 0 Å². The number of ether oxygens (including phenoxy) is 1. The van der Waals surface area contributed by atoms with Crippen LogP contribution in [-0.4, -0.2) is 47.8 Å². The minimum absolute atomic E-state index is 0.0479. The van der Waals surface area contributed by atoms with Crippen LogP contribution >= 0.6 is 11.3 Å². The lowest BCUT2D eigenvalue weighted by Crippen LogP contribution is -2.47. The highest BCUT2D eigenvalue weighted by molar-refractivity contribution is 7.89. The fraction of sp³-hybridized carbons (Fsp3) is 0.269. The SMILES string of the molecule is CCOc1ccc2nc(N(Cc3ccccn3)C(=O)C3CCCN3S(=O)(=O)c3ccc(F)cc3)sc2c1. The molecule has 0 saturated carbocycles. The number of benzene rings is 2. The molecule has 1 amide bonds. The maximum absolute atomic E-state index is 14.0. The van der Waals surface area contributed by atoms with Crippen LogP contribution in [0.25, 0.3) is 10.2 Å². The standard InChI is InChI=1S/C26H25FN4O4S2/c1-2-35-20-10-13-22-24(16-20)36-26(29-22)30(17-19-6-3-4-14-28-19)25(32)23-7-5-15-31(23)37(33,34)21-11-8-18(27)9-12-21/h3-4,6,8-14,16,23H,2,5,7,15,17H2,1H3. The number of rotatable bonds is 8. The molecule has 3 heterocycles. The first kappa shape index (κ1) is 25.2. The van der Waals surface area contributed by atoms with E-state index in [1.807, 2.05) is 37.3 Å². The van der Waals surface area contributed by atoms with Crippen LogP contribution in [0.2, 0.25) is 0 Å². The average Bonchev–Trinajstić information content (AvgIpc) is 3.56. The van der Waals surface area contributed by atoms with Crippen LogP contribution < -0.4 is 9.64 Å². The largest absolute Gasteiger partial charge is 0.494 e. The van der Waals surface area contributed by atoms with Crippen molar-refractivity contribution in [2.24, 2.45) is 0 Å². The van der Waals surface area contributed by atoms with Gasteiger partial charge in [-0.15, -0.1) is 0 Å². The Bertz CT molecular complexity index is 1510. The van der Waals surface area contributed by atoms with Crippen LogP contribution in [0, 0.1) is 5.82 Å². The lowest BCUT2D eigenvalue weighted by Gasteiger charge is -2.28. The molecule has 1 fully saturated rings. The summed E-state index contributed by atoms with van der Waals surface area (Å²) in [5.41, 5.74) is 1.36. The number of sulfonamides is 1. The fourth-order valence-electron chi connectivity index (χ4n) is 4.35. The summed E-state index contributed by atoms with van der Waals surface area (Å²) in [6, 6.07) is 14.7. The summed E-state index contributed by atoms with van der Waals surface area (Å²) < 4.78 is 47.9. The van der Waals surface area contributed by atoms with E-state index in [0.29, 0.717) is 41.5 Å². The molecule has 2 aromatic heterocycles. The Hall–Kier alpha value is -3.41. The Morgan fingerprint density at radius 1 is 1.19 bits per heavy atom. The normalized spacial score (nSPS) is 16.2. The van der Waals surface area contributed by atoms with E-state index < -0.39 is 21.9 Å². The molecule has 0 spiro atoms. The van der Waals surface area contributed by atoms with Crippen LogP contribution in [-0.2, 0) is 21.4 Å².